The molecule has 25 heavy (non-hydrogen) atoms. The van der Waals surface area contributed by atoms with Gasteiger partial charge in [0.1, 0.15) is 6.61 Å². The Morgan fingerprint density at radius 3 is 1.80 bits per heavy atom. The predicted molar refractivity (Wildman–Crippen MR) is 110 cm³/mol. The van der Waals surface area contributed by atoms with Gasteiger partial charge in [-0.05, 0) is 57.0 Å². The minimum absolute atomic E-state index is 0.112. The number of ether oxygens (including phenoxy) is 1. The number of carbonyl (C=O) groups is 1. The third-order valence-corrected chi connectivity index (χ3v) is 6.62. The van der Waals surface area contributed by atoms with Gasteiger partial charge in [-0.15, -0.1) is 0 Å². The van der Waals surface area contributed by atoms with Crippen molar-refractivity contribution in [3.05, 3.63) is 0 Å². The molecule has 4 heteroatoms. The normalized spacial score (nSPS) is 18.6. The molecule has 2 aliphatic carbocycles. The summed E-state index contributed by atoms with van der Waals surface area (Å²) in [4.78, 5) is 14.9. The number of nitrogens with zero attached hydrogens (tertiary/aromatic N) is 1. The van der Waals surface area contributed by atoms with Gasteiger partial charge in [-0.25, -0.2) is 0 Å². The number of esters is 1. The van der Waals surface area contributed by atoms with E-state index in [1.165, 1.54) is 57.8 Å². The molecular formula is C21H40BrNO2. The first kappa shape index (κ1) is 23.0. The molecule has 0 spiro atoms. The Kier molecular flexibility index (Phi) is 12.9. The molecule has 0 saturated heterocycles. The first-order chi connectivity index (χ1) is 12.2. The predicted octanol–water partition coefficient (Wildman–Crippen LogP) is 5.66. The fourth-order valence-corrected chi connectivity index (χ4v) is 4.31. The van der Waals surface area contributed by atoms with Gasteiger partial charge in [0.05, 0.1) is 5.92 Å². The fraction of sp³-hybridized carbons (Fsp3) is 0.952. The first-order valence-corrected chi connectivity index (χ1v) is 11.7. The van der Waals surface area contributed by atoms with Gasteiger partial charge in [0, 0.05) is 11.9 Å². The van der Waals surface area contributed by atoms with Gasteiger partial charge in [-0.2, -0.15) is 0 Å². The second-order valence-corrected chi connectivity index (χ2v) is 8.29. The lowest BCUT2D eigenvalue weighted by molar-refractivity contribution is -0.153. The van der Waals surface area contributed by atoms with Crippen LogP contribution in [-0.4, -0.2) is 42.4 Å². The summed E-state index contributed by atoms with van der Waals surface area (Å²) in [5.41, 5.74) is 0. The Labute approximate surface area is 164 Å². The van der Waals surface area contributed by atoms with Crippen molar-refractivity contribution in [2.24, 2.45) is 17.8 Å². The molecule has 0 radical (unpaired) electrons. The molecule has 0 unspecified atom stereocenters. The maximum Gasteiger partial charge on any atom is 0.309 e. The van der Waals surface area contributed by atoms with Gasteiger partial charge in [0.2, 0.25) is 0 Å². The molecule has 0 aromatic rings. The number of carbonyl (C=O) groups excluding carboxylic acids is 1. The van der Waals surface area contributed by atoms with Crippen LogP contribution in [0.15, 0.2) is 0 Å². The molecule has 0 heterocycles. The average molecular weight is 418 g/mol. The molecule has 0 amide bonds. The lowest BCUT2D eigenvalue weighted by Gasteiger charge is -2.27. The zero-order valence-electron chi connectivity index (χ0n) is 16.8. The van der Waals surface area contributed by atoms with Crippen molar-refractivity contribution in [2.75, 3.05) is 31.6 Å². The van der Waals surface area contributed by atoms with Crippen molar-refractivity contribution in [3.63, 3.8) is 0 Å². The Balaban J connectivity index is 0.000000705. The van der Waals surface area contributed by atoms with E-state index in [-0.39, 0.29) is 11.9 Å². The zero-order valence-corrected chi connectivity index (χ0v) is 18.4. The lowest BCUT2D eigenvalue weighted by atomic mass is 9.79. The summed E-state index contributed by atoms with van der Waals surface area (Å²) in [6.45, 7) is 9.95. The highest BCUT2D eigenvalue weighted by atomic mass is 79.9. The summed E-state index contributed by atoms with van der Waals surface area (Å²) >= 11 is 3.25. The smallest absolute Gasteiger partial charge is 0.309 e. The Morgan fingerprint density at radius 2 is 1.44 bits per heavy atom. The van der Waals surface area contributed by atoms with E-state index in [1.807, 2.05) is 0 Å². The highest BCUT2D eigenvalue weighted by Gasteiger charge is 2.38. The third-order valence-electron chi connectivity index (χ3n) is 5.82. The second-order valence-electron chi connectivity index (χ2n) is 7.50. The quantitative estimate of drug-likeness (QED) is 0.357. The average Bonchev–Trinajstić information content (AvgIpc) is 3.34. The van der Waals surface area contributed by atoms with Crippen molar-refractivity contribution in [1.29, 1.82) is 0 Å². The molecule has 0 N–H and O–H groups in total. The van der Waals surface area contributed by atoms with E-state index in [4.69, 9.17) is 4.74 Å². The molecule has 0 atom stereocenters. The van der Waals surface area contributed by atoms with Crippen LogP contribution in [-0.2, 0) is 9.53 Å². The molecule has 0 aliphatic heterocycles. The largest absolute Gasteiger partial charge is 0.464 e. The number of hydrogen-bond acceptors (Lipinski definition) is 3. The SMILES string of the molecule is CCCBr.CCN(CC)CCOC(=O)C(C1CCCC1)C1CCCC1. The van der Waals surface area contributed by atoms with Gasteiger partial charge in [0.15, 0.2) is 0 Å². The van der Waals surface area contributed by atoms with E-state index >= 15 is 0 Å². The van der Waals surface area contributed by atoms with E-state index in [9.17, 15) is 4.79 Å². The molecule has 2 aliphatic rings. The topological polar surface area (TPSA) is 29.5 Å². The minimum Gasteiger partial charge on any atom is -0.464 e. The van der Waals surface area contributed by atoms with Crippen LogP contribution in [0.25, 0.3) is 0 Å². The molecular weight excluding hydrogens is 378 g/mol. The van der Waals surface area contributed by atoms with Crippen LogP contribution < -0.4 is 0 Å². The number of hydrogen-bond donors (Lipinski definition) is 0. The summed E-state index contributed by atoms with van der Waals surface area (Å²) in [7, 11) is 0. The molecule has 0 aromatic heterocycles. The summed E-state index contributed by atoms with van der Waals surface area (Å²) < 4.78 is 5.68. The summed E-state index contributed by atoms with van der Waals surface area (Å²) in [5, 5.41) is 1.13. The number of halogens is 1. The Bertz CT molecular complexity index is 317. The van der Waals surface area contributed by atoms with Crippen LogP contribution >= 0.6 is 15.9 Å². The van der Waals surface area contributed by atoms with Gasteiger partial charge in [-0.3, -0.25) is 4.79 Å². The summed E-state index contributed by atoms with van der Waals surface area (Å²) in [6.07, 6.45) is 11.4. The van der Waals surface area contributed by atoms with E-state index in [0.717, 1.165) is 25.0 Å². The molecule has 3 nitrogen and oxygen atoms in total. The summed E-state index contributed by atoms with van der Waals surface area (Å²) in [6, 6.07) is 0. The lowest BCUT2D eigenvalue weighted by Crippen LogP contribution is -2.33. The fourth-order valence-electron chi connectivity index (χ4n) is 4.31. The van der Waals surface area contributed by atoms with E-state index < -0.39 is 0 Å². The van der Waals surface area contributed by atoms with Crippen LogP contribution in [0, 0.1) is 17.8 Å². The number of likely N-dealkylation sites (N-methyl/N-ethyl adjacent to an activating group) is 1. The van der Waals surface area contributed by atoms with Crippen LogP contribution in [0.1, 0.15) is 78.6 Å². The van der Waals surface area contributed by atoms with E-state index in [1.54, 1.807) is 0 Å². The number of alkyl halides is 1. The molecule has 2 fully saturated rings. The molecule has 0 aromatic carbocycles. The van der Waals surface area contributed by atoms with Crippen molar-refractivity contribution in [2.45, 2.75) is 78.6 Å². The van der Waals surface area contributed by atoms with Crippen molar-refractivity contribution < 1.29 is 9.53 Å². The molecule has 2 rings (SSSR count). The van der Waals surface area contributed by atoms with Gasteiger partial charge >= 0.3 is 5.97 Å². The maximum absolute atomic E-state index is 12.6. The van der Waals surface area contributed by atoms with E-state index in [0.29, 0.717) is 18.4 Å². The van der Waals surface area contributed by atoms with Crippen molar-refractivity contribution in [1.82, 2.24) is 4.90 Å². The minimum atomic E-state index is 0.112. The highest BCUT2D eigenvalue weighted by Crippen LogP contribution is 2.42. The van der Waals surface area contributed by atoms with Gasteiger partial charge < -0.3 is 9.64 Å². The Hall–Kier alpha value is -0.0900. The summed E-state index contributed by atoms with van der Waals surface area (Å²) in [5.74, 6) is 1.52. The number of rotatable bonds is 9. The van der Waals surface area contributed by atoms with Crippen molar-refractivity contribution in [3.8, 4) is 0 Å². The zero-order chi connectivity index (χ0) is 18.5. The van der Waals surface area contributed by atoms with Gasteiger partial charge in [-0.1, -0.05) is 62.4 Å². The van der Waals surface area contributed by atoms with Crippen LogP contribution in [0.2, 0.25) is 0 Å². The van der Waals surface area contributed by atoms with Crippen molar-refractivity contribution >= 4 is 21.9 Å². The Morgan fingerprint density at radius 1 is 1.00 bits per heavy atom. The van der Waals surface area contributed by atoms with Crippen LogP contribution in [0.3, 0.4) is 0 Å². The van der Waals surface area contributed by atoms with Crippen LogP contribution in [0.4, 0.5) is 0 Å². The first-order valence-electron chi connectivity index (χ1n) is 10.6. The third kappa shape index (κ3) is 8.43. The molecule has 2 saturated carbocycles. The standard InChI is InChI=1S/C18H33NO2.C3H7Br/c1-3-19(4-2)13-14-21-18(20)17(15-9-5-6-10-15)16-11-7-8-12-16;1-2-3-4/h15-17H,3-14H2,1-2H3;2-3H2,1H3. The highest BCUT2D eigenvalue weighted by molar-refractivity contribution is 9.09. The molecule has 0 bridgehead atoms. The molecule has 148 valence electrons. The van der Waals surface area contributed by atoms with Crippen LogP contribution in [0.5, 0.6) is 0 Å². The van der Waals surface area contributed by atoms with E-state index in [2.05, 4.69) is 41.6 Å². The monoisotopic (exact) mass is 417 g/mol. The second kappa shape index (κ2) is 14.0. The maximum atomic E-state index is 12.6. The van der Waals surface area contributed by atoms with Gasteiger partial charge in [0.25, 0.3) is 0 Å².